The third-order valence-electron chi connectivity index (χ3n) is 3.03. The topological polar surface area (TPSA) is 26.3 Å². The summed E-state index contributed by atoms with van der Waals surface area (Å²) in [6, 6.07) is 0. The number of hydrogen-bond acceptors (Lipinski definition) is 2. The summed E-state index contributed by atoms with van der Waals surface area (Å²) < 4.78 is 5.99. The van der Waals surface area contributed by atoms with Crippen LogP contribution in [0.4, 0.5) is 0 Å². The van der Waals surface area contributed by atoms with E-state index in [2.05, 4.69) is 40.8 Å². The summed E-state index contributed by atoms with van der Waals surface area (Å²) in [5.41, 5.74) is 0. The molecule has 0 spiro atoms. The van der Waals surface area contributed by atoms with Crippen LogP contribution < -0.4 is 0 Å². The van der Waals surface area contributed by atoms with Crippen LogP contribution in [-0.2, 0) is 9.22 Å². The third-order valence-corrected chi connectivity index (χ3v) is 7.53. The van der Waals surface area contributed by atoms with Crippen LogP contribution in [0.15, 0.2) is 0 Å². The number of rotatable bonds is 5. The van der Waals surface area contributed by atoms with E-state index >= 15 is 0 Å². The SMILES string of the molecule is CC(CC=O)CO[Si](C)(C)C(C)(C)C. The fourth-order valence-electron chi connectivity index (χ4n) is 0.799. The van der Waals surface area contributed by atoms with Gasteiger partial charge in [-0.25, -0.2) is 0 Å². The van der Waals surface area contributed by atoms with E-state index in [0.29, 0.717) is 12.3 Å². The zero-order valence-electron chi connectivity index (χ0n) is 10.4. The van der Waals surface area contributed by atoms with E-state index in [0.717, 1.165) is 12.9 Å². The molecule has 0 aliphatic rings. The van der Waals surface area contributed by atoms with Crippen LogP contribution in [0, 0.1) is 5.92 Å². The van der Waals surface area contributed by atoms with Crippen molar-refractivity contribution in [2.45, 2.75) is 52.2 Å². The smallest absolute Gasteiger partial charge is 0.191 e. The Kier molecular flexibility index (Phi) is 5.02. The highest BCUT2D eigenvalue weighted by Gasteiger charge is 2.37. The van der Waals surface area contributed by atoms with Gasteiger partial charge in [-0.3, -0.25) is 0 Å². The molecule has 0 radical (unpaired) electrons. The first kappa shape index (κ1) is 13.8. The van der Waals surface area contributed by atoms with Crippen molar-refractivity contribution < 1.29 is 9.22 Å². The second-order valence-corrected chi connectivity index (χ2v) is 10.4. The van der Waals surface area contributed by atoms with E-state index in [-0.39, 0.29) is 5.04 Å². The minimum Gasteiger partial charge on any atom is -0.417 e. The van der Waals surface area contributed by atoms with Crippen molar-refractivity contribution in [3.8, 4) is 0 Å². The van der Waals surface area contributed by atoms with Crippen molar-refractivity contribution in [3.05, 3.63) is 0 Å². The lowest BCUT2D eigenvalue weighted by Crippen LogP contribution is -2.41. The molecule has 2 nitrogen and oxygen atoms in total. The first-order chi connectivity index (χ1) is 6.20. The summed E-state index contributed by atoms with van der Waals surface area (Å²) in [4.78, 5) is 10.3. The molecule has 0 bridgehead atoms. The zero-order chi connectivity index (χ0) is 11.4. The molecular weight excluding hydrogens is 192 g/mol. The van der Waals surface area contributed by atoms with E-state index in [1.807, 2.05) is 0 Å². The Bertz CT molecular complexity index is 182. The predicted octanol–water partition coefficient (Wildman–Crippen LogP) is 3.23. The molecule has 1 atom stereocenters. The maximum Gasteiger partial charge on any atom is 0.191 e. The van der Waals surface area contributed by atoms with Crippen molar-refractivity contribution in [2.75, 3.05) is 6.61 Å². The fourth-order valence-corrected chi connectivity index (χ4v) is 1.93. The lowest BCUT2D eigenvalue weighted by atomic mass is 10.1. The maximum absolute atomic E-state index is 10.3. The summed E-state index contributed by atoms with van der Waals surface area (Å²) in [7, 11) is -1.61. The van der Waals surface area contributed by atoms with Gasteiger partial charge in [0, 0.05) is 13.0 Å². The minimum absolute atomic E-state index is 0.258. The number of hydrogen-bond donors (Lipinski definition) is 0. The molecule has 0 aromatic heterocycles. The Labute approximate surface area is 89.2 Å². The normalized spacial score (nSPS) is 15.3. The van der Waals surface area contributed by atoms with Gasteiger partial charge < -0.3 is 9.22 Å². The number of carbonyl (C=O) groups excluding carboxylic acids is 1. The molecule has 0 amide bonds. The Morgan fingerprint density at radius 2 is 1.86 bits per heavy atom. The molecular formula is C11H24O2Si. The summed E-state index contributed by atoms with van der Waals surface area (Å²) in [5.74, 6) is 0.349. The van der Waals surface area contributed by atoms with E-state index in [9.17, 15) is 4.79 Å². The van der Waals surface area contributed by atoms with Gasteiger partial charge in [-0.15, -0.1) is 0 Å². The molecule has 0 heterocycles. The first-order valence-electron chi connectivity index (χ1n) is 5.28. The highest BCUT2D eigenvalue weighted by atomic mass is 28.4. The van der Waals surface area contributed by atoms with E-state index in [1.54, 1.807) is 0 Å². The van der Waals surface area contributed by atoms with Gasteiger partial charge in [0.05, 0.1) is 0 Å². The zero-order valence-corrected chi connectivity index (χ0v) is 11.4. The lowest BCUT2D eigenvalue weighted by molar-refractivity contribution is -0.108. The average molecular weight is 216 g/mol. The highest BCUT2D eigenvalue weighted by Crippen LogP contribution is 2.36. The molecule has 0 rings (SSSR count). The molecule has 84 valence electrons. The van der Waals surface area contributed by atoms with Gasteiger partial charge in [0.15, 0.2) is 8.32 Å². The Hall–Kier alpha value is -0.153. The van der Waals surface area contributed by atoms with Gasteiger partial charge >= 0.3 is 0 Å². The van der Waals surface area contributed by atoms with Crippen molar-refractivity contribution in [3.63, 3.8) is 0 Å². The molecule has 14 heavy (non-hydrogen) atoms. The molecule has 0 aromatic carbocycles. The van der Waals surface area contributed by atoms with Crippen LogP contribution in [0.5, 0.6) is 0 Å². The van der Waals surface area contributed by atoms with Gasteiger partial charge in [0.25, 0.3) is 0 Å². The van der Waals surface area contributed by atoms with Gasteiger partial charge in [0.2, 0.25) is 0 Å². The highest BCUT2D eigenvalue weighted by molar-refractivity contribution is 6.74. The van der Waals surface area contributed by atoms with E-state index in [1.165, 1.54) is 0 Å². The van der Waals surface area contributed by atoms with Gasteiger partial charge in [0.1, 0.15) is 6.29 Å². The predicted molar refractivity (Wildman–Crippen MR) is 63.0 cm³/mol. The first-order valence-corrected chi connectivity index (χ1v) is 8.19. The fraction of sp³-hybridized carbons (Fsp3) is 0.909. The molecule has 0 saturated heterocycles. The van der Waals surface area contributed by atoms with Crippen molar-refractivity contribution in [2.24, 2.45) is 5.92 Å². The van der Waals surface area contributed by atoms with E-state index in [4.69, 9.17) is 4.43 Å². The largest absolute Gasteiger partial charge is 0.417 e. The van der Waals surface area contributed by atoms with Crippen LogP contribution in [0.3, 0.4) is 0 Å². The van der Waals surface area contributed by atoms with Gasteiger partial charge in [-0.1, -0.05) is 27.7 Å². The molecule has 1 unspecified atom stereocenters. The lowest BCUT2D eigenvalue weighted by Gasteiger charge is -2.36. The molecule has 0 saturated carbocycles. The Morgan fingerprint density at radius 3 is 2.21 bits per heavy atom. The van der Waals surface area contributed by atoms with Crippen LogP contribution in [0.1, 0.15) is 34.1 Å². The van der Waals surface area contributed by atoms with E-state index < -0.39 is 8.32 Å². The summed E-state index contributed by atoms with van der Waals surface area (Å²) in [6.45, 7) is 13.9. The minimum atomic E-state index is -1.61. The van der Waals surface area contributed by atoms with Gasteiger partial charge in [-0.2, -0.15) is 0 Å². The number of aldehydes is 1. The summed E-state index contributed by atoms with van der Waals surface area (Å²) in [5, 5.41) is 0.258. The second-order valence-electron chi connectivity index (χ2n) is 5.58. The Morgan fingerprint density at radius 1 is 1.36 bits per heavy atom. The van der Waals surface area contributed by atoms with Crippen LogP contribution in [-0.4, -0.2) is 21.2 Å². The molecule has 3 heteroatoms. The van der Waals surface area contributed by atoms with Crippen LogP contribution in [0.2, 0.25) is 18.1 Å². The number of carbonyl (C=O) groups is 1. The molecule has 0 N–H and O–H groups in total. The second kappa shape index (κ2) is 5.08. The van der Waals surface area contributed by atoms with Crippen molar-refractivity contribution in [1.82, 2.24) is 0 Å². The average Bonchev–Trinajstić information content (AvgIpc) is 1.99. The third kappa shape index (κ3) is 4.38. The molecule has 0 fully saturated rings. The molecule has 0 aromatic rings. The van der Waals surface area contributed by atoms with Crippen LogP contribution in [0.25, 0.3) is 0 Å². The molecule has 0 aliphatic carbocycles. The standard InChI is InChI=1S/C11H24O2Si/c1-10(7-8-12)9-13-14(5,6)11(2,3)4/h8,10H,7,9H2,1-6H3. The summed E-state index contributed by atoms with van der Waals surface area (Å²) >= 11 is 0. The monoisotopic (exact) mass is 216 g/mol. The van der Waals surface area contributed by atoms with Gasteiger partial charge in [-0.05, 0) is 24.1 Å². The quantitative estimate of drug-likeness (QED) is 0.521. The summed E-state index contributed by atoms with van der Waals surface area (Å²) in [6.07, 6.45) is 1.58. The molecule has 0 aliphatic heterocycles. The van der Waals surface area contributed by atoms with Crippen molar-refractivity contribution in [1.29, 1.82) is 0 Å². The van der Waals surface area contributed by atoms with Crippen molar-refractivity contribution >= 4 is 14.6 Å². The maximum atomic E-state index is 10.3. The Balaban J connectivity index is 4.05. The van der Waals surface area contributed by atoms with Crippen LogP contribution >= 0.6 is 0 Å².